The van der Waals surface area contributed by atoms with Gasteiger partial charge in [-0.15, -0.1) is 0 Å². The second-order valence-corrected chi connectivity index (χ2v) is 4.06. The van der Waals surface area contributed by atoms with Gasteiger partial charge in [0.1, 0.15) is 0 Å². The molecule has 0 amide bonds. The number of ether oxygens (including phenoxy) is 1. The number of benzene rings is 2. The Bertz CT molecular complexity index is 478. The first-order valence-corrected chi connectivity index (χ1v) is 5.72. The zero-order valence-corrected chi connectivity index (χ0v) is 9.89. The molecule has 0 radical (unpaired) electrons. The van der Waals surface area contributed by atoms with Crippen LogP contribution in [0.5, 0.6) is 11.5 Å². The molecular formula is C15H16O2. The van der Waals surface area contributed by atoms with Crippen LogP contribution in [0.2, 0.25) is 0 Å². The summed E-state index contributed by atoms with van der Waals surface area (Å²) in [4.78, 5) is 0. The highest BCUT2D eigenvalue weighted by Gasteiger charge is 2.02. The summed E-state index contributed by atoms with van der Waals surface area (Å²) in [6.45, 7) is 2.55. The Labute approximate surface area is 101 Å². The van der Waals surface area contributed by atoms with E-state index in [4.69, 9.17) is 4.74 Å². The lowest BCUT2D eigenvalue weighted by Gasteiger charge is -2.08. The Morgan fingerprint density at radius 1 is 1.06 bits per heavy atom. The summed E-state index contributed by atoms with van der Waals surface area (Å²) in [6, 6.07) is 15.5. The van der Waals surface area contributed by atoms with E-state index in [-0.39, 0.29) is 5.75 Å². The summed E-state index contributed by atoms with van der Waals surface area (Å²) in [5.74, 6) is 0.754. The standard InChI is InChI=1S/C15H16O2/c1-12-7-8-14(16)15(11-12)17-10-9-13-5-3-2-4-6-13/h2-8,11,16H,9-10H2,1H3. The van der Waals surface area contributed by atoms with Crippen molar-refractivity contribution in [2.45, 2.75) is 13.3 Å². The minimum atomic E-state index is 0.198. The van der Waals surface area contributed by atoms with Gasteiger partial charge in [-0.3, -0.25) is 0 Å². The summed E-state index contributed by atoms with van der Waals surface area (Å²) < 4.78 is 5.57. The van der Waals surface area contributed by atoms with E-state index in [0.717, 1.165) is 12.0 Å². The second-order valence-electron chi connectivity index (χ2n) is 4.06. The zero-order valence-electron chi connectivity index (χ0n) is 9.89. The van der Waals surface area contributed by atoms with Crippen molar-refractivity contribution in [2.75, 3.05) is 6.61 Å². The molecule has 0 atom stereocenters. The quantitative estimate of drug-likeness (QED) is 0.869. The van der Waals surface area contributed by atoms with E-state index in [1.54, 1.807) is 6.07 Å². The molecule has 2 heteroatoms. The van der Waals surface area contributed by atoms with Crippen molar-refractivity contribution >= 4 is 0 Å². The average molecular weight is 228 g/mol. The molecule has 0 saturated carbocycles. The lowest BCUT2D eigenvalue weighted by molar-refractivity contribution is 0.303. The number of phenols is 1. The Morgan fingerprint density at radius 2 is 1.82 bits per heavy atom. The zero-order chi connectivity index (χ0) is 12.1. The maximum atomic E-state index is 9.61. The summed E-state index contributed by atoms with van der Waals surface area (Å²) in [6.07, 6.45) is 0.841. The topological polar surface area (TPSA) is 29.5 Å². The van der Waals surface area contributed by atoms with Crippen LogP contribution in [-0.4, -0.2) is 11.7 Å². The molecule has 2 aromatic rings. The van der Waals surface area contributed by atoms with Crippen LogP contribution in [-0.2, 0) is 6.42 Å². The fraction of sp³-hybridized carbons (Fsp3) is 0.200. The van der Waals surface area contributed by atoms with Crippen LogP contribution in [0.15, 0.2) is 48.5 Å². The summed E-state index contributed by atoms with van der Waals surface area (Å²) in [5.41, 5.74) is 2.32. The lowest BCUT2D eigenvalue weighted by atomic mass is 10.2. The van der Waals surface area contributed by atoms with Crippen LogP contribution in [0.25, 0.3) is 0 Å². The molecule has 2 aromatic carbocycles. The number of hydrogen-bond acceptors (Lipinski definition) is 2. The minimum absolute atomic E-state index is 0.198. The van der Waals surface area contributed by atoms with Gasteiger partial charge in [0.2, 0.25) is 0 Å². The maximum absolute atomic E-state index is 9.61. The molecule has 0 saturated heterocycles. The van der Waals surface area contributed by atoms with Crippen molar-refractivity contribution in [1.82, 2.24) is 0 Å². The van der Waals surface area contributed by atoms with Gasteiger partial charge in [0.25, 0.3) is 0 Å². The number of hydrogen-bond donors (Lipinski definition) is 1. The van der Waals surface area contributed by atoms with Gasteiger partial charge in [-0.1, -0.05) is 36.4 Å². The van der Waals surface area contributed by atoms with Gasteiger partial charge in [-0.2, -0.15) is 0 Å². The molecule has 0 aliphatic rings. The molecule has 17 heavy (non-hydrogen) atoms. The first-order valence-electron chi connectivity index (χ1n) is 5.72. The van der Waals surface area contributed by atoms with Crippen molar-refractivity contribution in [3.63, 3.8) is 0 Å². The molecule has 0 heterocycles. The number of aryl methyl sites for hydroxylation is 1. The third-order valence-electron chi connectivity index (χ3n) is 2.61. The normalized spacial score (nSPS) is 10.2. The fourth-order valence-electron chi connectivity index (χ4n) is 1.66. The van der Waals surface area contributed by atoms with Crippen LogP contribution < -0.4 is 4.74 Å². The van der Waals surface area contributed by atoms with Gasteiger partial charge in [0.15, 0.2) is 11.5 Å². The highest BCUT2D eigenvalue weighted by molar-refractivity contribution is 5.41. The van der Waals surface area contributed by atoms with E-state index in [0.29, 0.717) is 12.4 Å². The number of rotatable bonds is 4. The third kappa shape index (κ3) is 3.25. The van der Waals surface area contributed by atoms with Gasteiger partial charge in [0.05, 0.1) is 6.61 Å². The van der Waals surface area contributed by atoms with Gasteiger partial charge in [0, 0.05) is 6.42 Å². The van der Waals surface area contributed by atoms with Crippen molar-refractivity contribution in [3.05, 3.63) is 59.7 Å². The third-order valence-corrected chi connectivity index (χ3v) is 2.61. The molecule has 2 nitrogen and oxygen atoms in total. The molecule has 0 fully saturated rings. The van der Waals surface area contributed by atoms with Gasteiger partial charge in [-0.05, 0) is 30.2 Å². The Balaban J connectivity index is 1.92. The smallest absolute Gasteiger partial charge is 0.161 e. The highest BCUT2D eigenvalue weighted by atomic mass is 16.5. The van der Waals surface area contributed by atoms with E-state index >= 15 is 0 Å². The molecule has 0 aromatic heterocycles. The molecule has 0 aliphatic heterocycles. The first kappa shape index (κ1) is 11.5. The summed E-state index contributed by atoms with van der Waals surface area (Å²) in [7, 11) is 0. The predicted molar refractivity (Wildman–Crippen MR) is 68.5 cm³/mol. The van der Waals surface area contributed by atoms with E-state index < -0.39 is 0 Å². The highest BCUT2D eigenvalue weighted by Crippen LogP contribution is 2.26. The van der Waals surface area contributed by atoms with Crippen molar-refractivity contribution < 1.29 is 9.84 Å². The molecule has 2 rings (SSSR count). The Morgan fingerprint density at radius 3 is 2.59 bits per heavy atom. The SMILES string of the molecule is Cc1ccc(O)c(OCCc2ccccc2)c1. The summed E-state index contributed by atoms with van der Waals surface area (Å²) in [5, 5.41) is 9.61. The van der Waals surface area contributed by atoms with Crippen molar-refractivity contribution in [3.8, 4) is 11.5 Å². The monoisotopic (exact) mass is 228 g/mol. The van der Waals surface area contributed by atoms with E-state index in [1.165, 1.54) is 5.56 Å². The first-order chi connectivity index (χ1) is 8.25. The number of phenolic OH excluding ortho intramolecular Hbond substituents is 1. The van der Waals surface area contributed by atoms with Gasteiger partial charge < -0.3 is 9.84 Å². The fourth-order valence-corrected chi connectivity index (χ4v) is 1.66. The average Bonchev–Trinajstić information content (AvgIpc) is 2.35. The maximum Gasteiger partial charge on any atom is 0.161 e. The minimum Gasteiger partial charge on any atom is -0.504 e. The van der Waals surface area contributed by atoms with Crippen LogP contribution in [0.1, 0.15) is 11.1 Å². The van der Waals surface area contributed by atoms with Crippen LogP contribution >= 0.6 is 0 Å². The largest absolute Gasteiger partial charge is 0.504 e. The lowest BCUT2D eigenvalue weighted by Crippen LogP contribution is -2.01. The van der Waals surface area contributed by atoms with Crippen LogP contribution in [0.3, 0.4) is 0 Å². The van der Waals surface area contributed by atoms with Crippen molar-refractivity contribution in [2.24, 2.45) is 0 Å². The van der Waals surface area contributed by atoms with Crippen LogP contribution in [0.4, 0.5) is 0 Å². The predicted octanol–water partition coefficient (Wildman–Crippen LogP) is 3.32. The van der Waals surface area contributed by atoms with E-state index in [2.05, 4.69) is 12.1 Å². The Hall–Kier alpha value is -1.96. The molecule has 0 aliphatic carbocycles. The Kier molecular flexibility index (Phi) is 3.66. The molecule has 88 valence electrons. The van der Waals surface area contributed by atoms with E-state index in [9.17, 15) is 5.11 Å². The summed E-state index contributed by atoms with van der Waals surface area (Å²) >= 11 is 0. The molecule has 0 unspecified atom stereocenters. The molecular weight excluding hydrogens is 212 g/mol. The number of aromatic hydroxyl groups is 1. The van der Waals surface area contributed by atoms with Crippen LogP contribution in [0, 0.1) is 6.92 Å². The molecule has 0 bridgehead atoms. The molecule has 0 spiro atoms. The van der Waals surface area contributed by atoms with E-state index in [1.807, 2.05) is 37.3 Å². The second kappa shape index (κ2) is 5.39. The molecule has 1 N–H and O–H groups in total. The van der Waals surface area contributed by atoms with Gasteiger partial charge >= 0.3 is 0 Å². The van der Waals surface area contributed by atoms with Gasteiger partial charge in [-0.25, -0.2) is 0 Å². The van der Waals surface area contributed by atoms with Crippen molar-refractivity contribution in [1.29, 1.82) is 0 Å².